The Labute approximate surface area is 144 Å². The van der Waals surface area contributed by atoms with Gasteiger partial charge in [-0.2, -0.15) is 0 Å². The van der Waals surface area contributed by atoms with Crippen LogP contribution in [0.15, 0.2) is 42.5 Å². The quantitative estimate of drug-likeness (QED) is 0.759. The molecular formula is C17H21AsN2O3. The summed E-state index contributed by atoms with van der Waals surface area (Å²) in [5.41, 5.74) is 2.97. The molecule has 23 heavy (non-hydrogen) atoms. The van der Waals surface area contributed by atoms with Gasteiger partial charge in [-0.25, -0.2) is 0 Å². The fourth-order valence-electron chi connectivity index (χ4n) is 2.03. The molecule has 0 heterocycles. The van der Waals surface area contributed by atoms with Crippen molar-refractivity contribution in [2.45, 2.75) is 13.5 Å². The zero-order valence-electron chi connectivity index (χ0n) is 13.3. The minimum absolute atomic E-state index is 0.361. The molecule has 6 heteroatoms. The summed E-state index contributed by atoms with van der Waals surface area (Å²) < 4.78 is 11.1. The summed E-state index contributed by atoms with van der Waals surface area (Å²) in [6, 6.07) is 13.8. The molecule has 2 rings (SSSR count). The number of amides is 1. The van der Waals surface area contributed by atoms with Crippen LogP contribution in [0.3, 0.4) is 0 Å². The molecule has 0 aromatic heterocycles. The molecule has 0 saturated carbocycles. The van der Waals surface area contributed by atoms with Gasteiger partial charge in [-0.15, -0.1) is 0 Å². The average Bonchev–Trinajstić information content (AvgIpc) is 2.56. The van der Waals surface area contributed by atoms with Crippen molar-refractivity contribution in [3.8, 4) is 5.75 Å². The third-order valence-corrected chi connectivity index (χ3v) is 4.22. The van der Waals surface area contributed by atoms with Crippen molar-refractivity contribution < 1.29 is 14.3 Å². The van der Waals surface area contributed by atoms with Crippen LogP contribution in [0.5, 0.6) is 5.75 Å². The minimum atomic E-state index is -0.421. The molecule has 122 valence electrons. The summed E-state index contributed by atoms with van der Waals surface area (Å²) in [5.74, 6) is 0.837. The molecule has 0 fully saturated rings. The van der Waals surface area contributed by atoms with Crippen LogP contribution >= 0.6 is 0 Å². The van der Waals surface area contributed by atoms with Gasteiger partial charge in [0.2, 0.25) is 0 Å². The van der Waals surface area contributed by atoms with Gasteiger partial charge in [-0.3, -0.25) is 0 Å². The molecule has 0 aliphatic heterocycles. The van der Waals surface area contributed by atoms with Gasteiger partial charge in [0.05, 0.1) is 0 Å². The number of carbonyl (C=O) groups is 1. The number of ether oxygens (including phenoxy) is 2. The Morgan fingerprint density at radius 2 is 1.91 bits per heavy atom. The van der Waals surface area contributed by atoms with E-state index in [2.05, 4.69) is 16.7 Å². The van der Waals surface area contributed by atoms with Crippen molar-refractivity contribution in [1.82, 2.24) is 0 Å². The predicted molar refractivity (Wildman–Crippen MR) is 95.6 cm³/mol. The van der Waals surface area contributed by atoms with Gasteiger partial charge < -0.3 is 0 Å². The topological polar surface area (TPSA) is 59.6 Å². The van der Waals surface area contributed by atoms with Crippen molar-refractivity contribution in [3.63, 3.8) is 0 Å². The molecule has 0 spiro atoms. The van der Waals surface area contributed by atoms with Gasteiger partial charge >= 0.3 is 145 Å². The average molecular weight is 376 g/mol. The monoisotopic (exact) mass is 376 g/mol. The van der Waals surface area contributed by atoms with E-state index in [-0.39, 0.29) is 0 Å². The molecule has 2 aromatic carbocycles. The molecule has 2 aromatic rings. The summed E-state index contributed by atoms with van der Waals surface area (Å²) in [4.78, 5) is 11.5. The molecule has 1 unspecified atom stereocenters. The van der Waals surface area contributed by atoms with Gasteiger partial charge in [-0.05, 0) is 0 Å². The van der Waals surface area contributed by atoms with Crippen LogP contribution in [0, 0.1) is 0 Å². The standard InChI is InChI=1S/C17H21AsN2O3/c1-3-23-17(21)20-16-9-4-12(10-15(16)18)11-19-13-5-7-14(22-2)8-6-13/h4-10,19H,3,11,18H2,1-2H3,(H,20,21). The normalized spacial score (nSPS) is 10.0. The molecule has 2 N–H and O–H groups in total. The van der Waals surface area contributed by atoms with Crippen LogP contribution in [0.4, 0.5) is 16.2 Å². The zero-order chi connectivity index (χ0) is 16.7. The Morgan fingerprint density at radius 1 is 1.17 bits per heavy atom. The molecular weight excluding hydrogens is 355 g/mol. The number of carbonyl (C=O) groups excluding carboxylic acids is 1. The molecule has 0 radical (unpaired) electrons. The molecule has 5 nitrogen and oxygen atoms in total. The fraction of sp³-hybridized carbons (Fsp3) is 0.235. The van der Waals surface area contributed by atoms with E-state index in [1.807, 2.05) is 36.4 Å². The van der Waals surface area contributed by atoms with Crippen molar-refractivity contribution in [1.29, 1.82) is 0 Å². The third-order valence-electron chi connectivity index (χ3n) is 3.21. The first-order valence-electron chi connectivity index (χ1n) is 7.32. The first-order chi connectivity index (χ1) is 11.1. The van der Waals surface area contributed by atoms with E-state index >= 15 is 0 Å². The van der Waals surface area contributed by atoms with Crippen LogP contribution < -0.4 is 19.7 Å². The summed E-state index contributed by atoms with van der Waals surface area (Å²) in [5, 5.41) is 6.10. The molecule has 0 bridgehead atoms. The molecule has 1 atom stereocenters. The van der Waals surface area contributed by atoms with Crippen LogP contribution in [0.1, 0.15) is 12.5 Å². The first-order valence-corrected chi connectivity index (χ1v) is 8.53. The number of hydrogen-bond acceptors (Lipinski definition) is 4. The third kappa shape index (κ3) is 5.22. The predicted octanol–water partition coefficient (Wildman–Crippen LogP) is 2.13. The number of nitrogens with one attached hydrogen (secondary N) is 2. The number of hydrogen-bond donors (Lipinski definition) is 2. The number of benzene rings is 2. The Morgan fingerprint density at radius 3 is 2.52 bits per heavy atom. The number of methoxy groups -OCH3 is 1. The van der Waals surface area contributed by atoms with E-state index in [1.165, 1.54) is 16.9 Å². The second kappa shape index (κ2) is 8.49. The van der Waals surface area contributed by atoms with Crippen molar-refractivity contribution in [2.75, 3.05) is 24.4 Å². The van der Waals surface area contributed by atoms with Gasteiger partial charge in [-0.1, -0.05) is 0 Å². The molecule has 0 aliphatic carbocycles. The Balaban J connectivity index is 1.95. The van der Waals surface area contributed by atoms with Crippen LogP contribution in [-0.4, -0.2) is 36.7 Å². The summed E-state index contributed by atoms with van der Waals surface area (Å²) in [6.45, 7) is 2.85. The van der Waals surface area contributed by atoms with Crippen molar-refractivity contribution in [3.05, 3.63) is 48.0 Å². The van der Waals surface area contributed by atoms with Gasteiger partial charge in [0.15, 0.2) is 0 Å². The van der Waals surface area contributed by atoms with Crippen LogP contribution in [0.25, 0.3) is 0 Å². The number of rotatable bonds is 6. The second-order valence-corrected chi connectivity index (χ2v) is 6.15. The zero-order valence-corrected chi connectivity index (χ0v) is 15.7. The van der Waals surface area contributed by atoms with Gasteiger partial charge in [0.25, 0.3) is 0 Å². The van der Waals surface area contributed by atoms with Crippen LogP contribution in [-0.2, 0) is 11.3 Å². The van der Waals surface area contributed by atoms with Crippen LogP contribution in [0.2, 0.25) is 0 Å². The molecule has 0 aliphatic rings. The van der Waals surface area contributed by atoms with Gasteiger partial charge in [0.1, 0.15) is 0 Å². The SMILES string of the molecule is CCOC(=O)Nc1ccc(CNc2ccc(OC)cc2)cc1[AsH2]. The molecule has 1 amide bonds. The Kier molecular flexibility index (Phi) is 6.36. The summed E-state index contributed by atoms with van der Waals surface area (Å²) in [7, 11) is 1.65. The van der Waals surface area contributed by atoms with Gasteiger partial charge in [0, 0.05) is 0 Å². The second-order valence-electron chi connectivity index (χ2n) is 4.85. The van der Waals surface area contributed by atoms with E-state index in [0.717, 1.165) is 27.0 Å². The number of anilines is 2. The van der Waals surface area contributed by atoms with E-state index < -0.39 is 6.09 Å². The van der Waals surface area contributed by atoms with Crippen molar-refractivity contribution >= 4 is 38.7 Å². The summed E-state index contributed by atoms with van der Waals surface area (Å²) in [6.07, 6.45) is -0.421. The van der Waals surface area contributed by atoms with E-state index in [1.54, 1.807) is 14.0 Å². The molecule has 0 saturated heterocycles. The maximum absolute atomic E-state index is 11.5. The maximum atomic E-state index is 11.5. The fourth-order valence-corrected chi connectivity index (χ4v) is 2.83. The van der Waals surface area contributed by atoms with E-state index in [9.17, 15) is 4.79 Å². The van der Waals surface area contributed by atoms with Crippen molar-refractivity contribution in [2.24, 2.45) is 0 Å². The van der Waals surface area contributed by atoms with E-state index in [4.69, 9.17) is 9.47 Å². The van der Waals surface area contributed by atoms with E-state index in [0.29, 0.717) is 13.2 Å². The Hall–Kier alpha value is -2.13. The first kappa shape index (κ1) is 17.2. The Bertz CT molecular complexity index is 659. The summed E-state index contributed by atoms with van der Waals surface area (Å²) >= 11 is 1.46.